The Bertz CT molecular complexity index is 466. The van der Waals surface area contributed by atoms with Crippen molar-refractivity contribution in [3.8, 4) is 0 Å². The Morgan fingerprint density at radius 1 is 1.50 bits per heavy atom. The lowest BCUT2D eigenvalue weighted by atomic mass is 10.0. The van der Waals surface area contributed by atoms with Gasteiger partial charge in [-0.3, -0.25) is 14.3 Å². The van der Waals surface area contributed by atoms with Crippen LogP contribution in [-0.4, -0.2) is 39.5 Å². The SMILES string of the molecule is O=C(O)Cn1ccc(NC(=O)CC[C@H]2CCCCO2)n1. The number of amides is 1. The van der Waals surface area contributed by atoms with Crippen LogP contribution in [-0.2, 0) is 20.9 Å². The third-order valence-electron chi connectivity index (χ3n) is 3.17. The molecule has 7 heteroatoms. The third-order valence-corrected chi connectivity index (χ3v) is 3.17. The third kappa shape index (κ3) is 4.65. The van der Waals surface area contributed by atoms with Crippen LogP contribution in [0.2, 0.25) is 0 Å². The summed E-state index contributed by atoms with van der Waals surface area (Å²) in [7, 11) is 0. The van der Waals surface area contributed by atoms with Gasteiger partial charge in [-0.15, -0.1) is 0 Å². The number of carboxylic acid groups (broad SMARTS) is 1. The molecule has 1 aromatic heterocycles. The van der Waals surface area contributed by atoms with Crippen LogP contribution in [0.4, 0.5) is 5.82 Å². The summed E-state index contributed by atoms with van der Waals surface area (Å²) in [5.74, 6) is -0.721. The summed E-state index contributed by atoms with van der Waals surface area (Å²) in [6.45, 7) is 0.567. The first-order valence-electron chi connectivity index (χ1n) is 6.80. The normalized spacial score (nSPS) is 18.7. The van der Waals surface area contributed by atoms with E-state index in [0.717, 1.165) is 25.9 Å². The largest absolute Gasteiger partial charge is 0.480 e. The van der Waals surface area contributed by atoms with E-state index in [0.29, 0.717) is 18.7 Å². The number of carboxylic acids is 1. The summed E-state index contributed by atoms with van der Waals surface area (Å²) in [6.07, 6.45) is 6.07. The predicted molar refractivity (Wildman–Crippen MR) is 71.3 cm³/mol. The van der Waals surface area contributed by atoms with E-state index in [1.807, 2.05) is 0 Å². The van der Waals surface area contributed by atoms with Gasteiger partial charge >= 0.3 is 5.97 Å². The molecule has 1 atom stereocenters. The average Bonchev–Trinajstić information content (AvgIpc) is 2.84. The molecule has 7 nitrogen and oxygen atoms in total. The van der Waals surface area contributed by atoms with Crippen molar-refractivity contribution < 1.29 is 19.4 Å². The first kappa shape index (κ1) is 14.5. The van der Waals surface area contributed by atoms with Crippen molar-refractivity contribution in [3.63, 3.8) is 0 Å². The van der Waals surface area contributed by atoms with Gasteiger partial charge in [0.2, 0.25) is 5.91 Å². The monoisotopic (exact) mass is 281 g/mol. The summed E-state index contributed by atoms with van der Waals surface area (Å²) in [6, 6.07) is 1.58. The molecule has 110 valence electrons. The molecule has 0 saturated carbocycles. The van der Waals surface area contributed by atoms with Crippen LogP contribution >= 0.6 is 0 Å². The summed E-state index contributed by atoms with van der Waals surface area (Å²) in [5.41, 5.74) is 0. The van der Waals surface area contributed by atoms with Crippen molar-refractivity contribution in [1.82, 2.24) is 9.78 Å². The fourth-order valence-corrected chi connectivity index (χ4v) is 2.19. The highest BCUT2D eigenvalue weighted by atomic mass is 16.5. The van der Waals surface area contributed by atoms with Gasteiger partial charge in [-0.2, -0.15) is 5.10 Å². The molecule has 2 N–H and O–H groups in total. The maximum Gasteiger partial charge on any atom is 0.325 e. The number of aromatic nitrogens is 2. The molecule has 1 aliphatic rings. The van der Waals surface area contributed by atoms with Gasteiger partial charge < -0.3 is 15.2 Å². The Balaban J connectivity index is 1.73. The van der Waals surface area contributed by atoms with E-state index >= 15 is 0 Å². The maximum absolute atomic E-state index is 11.8. The standard InChI is InChI=1S/C13H19N3O4/c17-12(5-4-10-3-1-2-8-20-10)14-11-6-7-16(15-11)9-13(18)19/h6-7,10H,1-5,8-9H2,(H,18,19)(H,14,15,17)/t10-/m1/s1. The second-order valence-electron chi connectivity index (χ2n) is 4.87. The summed E-state index contributed by atoms with van der Waals surface area (Å²) < 4.78 is 6.83. The van der Waals surface area contributed by atoms with Crippen molar-refractivity contribution in [2.75, 3.05) is 11.9 Å². The molecule has 1 aliphatic heterocycles. The molecule has 0 unspecified atom stereocenters. The van der Waals surface area contributed by atoms with E-state index in [4.69, 9.17) is 9.84 Å². The van der Waals surface area contributed by atoms with Crippen LogP contribution < -0.4 is 5.32 Å². The lowest BCUT2D eigenvalue weighted by molar-refractivity contribution is -0.137. The Hall–Kier alpha value is -1.89. The molecule has 1 saturated heterocycles. The van der Waals surface area contributed by atoms with Crippen molar-refractivity contribution in [2.45, 2.75) is 44.8 Å². The maximum atomic E-state index is 11.8. The van der Waals surface area contributed by atoms with Crippen LogP contribution in [0.15, 0.2) is 12.3 Å². The second kappa shape index (κ2) is 7.04. The molecular formula is C13H19N3O4. The highest BCUT2D eigenvalue weighted by molar-refractivity contribution is 5.89. The molecule has 0 bridgehead atoms. The fraction of sp³-hybridized carbons (Fsp3) is 0.615. The second-order valence-corrected chi connectivity index (χ2v) is 4.87. The van der Waals surface area contributed by atoms with Crippen molar-refractivity contribution in [2.24, 2.45) is 0 Å². The molecule has 0 radical (unpaired) electrons. The first-order valence-corrected chi connectivity index (χ1v) is 6.80. The van der Waals surface area contributed by atoms with E-state index < -0.39 is 5.97 Å². The van der Waals surface area contributed by atoms with E-state index in [1.54, 1.807) is 6.07 Å². The van der Waals surface area contributed by atoms with Crippen molar-refractivity contribution in [1.29, 1.82) is 0 Å². The number of carbonyl (C=O) groups is 2. The predicted octanol–water partition coefficient (Wildman–Crippen LogP) is 1.26. The molecule has 0 aliphatic carbocycles. The zero-order chi connectivity index (χ0) is 14.4. The van der Waals surface area contributed by atoms with Gasteiger partial charge in [0.1, 0.15) is 6.54 Å². The molecule has 1 amide bonds. The van der Waals surface area contributed by atoms with Crippen LogP contribution in [0.1, 0.15) is 32.1 Å². The summed E-state index contributed by atoms with van der Waals surface area (Å²) in [4.78, 5) is 22.3. The Morgan fingerprint density at radius 3 is 3.05 bits per heavy atom. The minimum absolute atomic E-state index is 0.125. The lowest BCUT2D eigenvalue weighted by Gasteiger charge is -2.22. The zero-order valence-electron chi connectivity index (χ0n) is 11.2. The lowest BCUT2D eigenvalue weighted by Crippen LogP contribution is -2.22. The summed E-state index contributed by atoms with van der Waals surface area (Å²) in [5, 5.41) is 15.2. The van der Waals surface area contributed by atoms with E-state index in [-0.39, 0.29) is 18.6 Å². The minimum Gasteiger partial charge on any atom is -0.480 e. The van der Waals surface area contributed by atoms with Gasteiger partial charge in [0.25, 0.3) is 0 Å². The number of nitrogens with zero attached hydrogens (tertiary/aromatic N) is 2. The van der Waals surface area contributed by atoms with Crippen LogP contribution in [0.25, 0.3) is 0 Å². The van der Waals surface area contributed by atoms with Gasteiger partial charge in [-0.25, -0.2) is 0 Å². The minimum atomic E-state index is -0.972. The molecule has 20 heavy (non-hydrogen) atoms. The highest BCUT2D eigenvalue weighted by Gasteiger charge is 2.15. The number of carbonyl (C=O) groups excluding carboxylic acids is 1. The zero-order valence-corrected chi connectivity index (χ0v) is 11.2. The molecule has 2 heterocycles. The number of rotatable bonds is 6. The number of ether oxygens (including phenoxy) is 1. The molecule has 2 rings (SSSR count). The highest BCUT2D eigenvalue weighted by Crippen LogP contribution is 2.17. The van der Waals surface area contributed by atoms with Crippen LogP contribution in [0, 0.1) is 0 Å². The van der Waals surface area contributed by atoms with Crippen molar-refractivity contribution >= 4 is 17.7 Å². The number of hydrogen-bond acceptors (Lipinski definition) is 4. The van der Waals surface area contributed by atoms with E-state index in [1.165, 1.54) is 10.9 Å². The summed E-state index contributed by atoms with van der Waals surface area (Å²) >= 11 is 0. The Labute approximate surface area is 116 Å². The van der Waals surface area contributed by atoms with Crippen LogP contribution in [0.3, 0.4) is 0 Å². The van der Waals surface area contributed by atoms with E-state index in [9.17, 15) is 9.59 Å². The fourth-order valence-electron chi connectivity index (χ4n) is 2.19. The van der Waals surface area contributed by atoms with Crippen molar-refractivity contribution in [3.05, 3.63) is 12.3 Å². The number of nitrogens with one attached hydrogen (secondary N) is 1. The van der Waals surface area contributed by atoms with Gasteiger partial charge in [0.05, 0.1) is 6.10 Å². The Kier molecular flexibility index (Phi) is 5.11. The quantitative estimate of drug-likeness (QED) is 0.818. The van der Waals surface area contributed by atoms with Gasteiger partial charge in [0.15, 0.2) is 5.82 Å². The smallest absolute Gasteiger partial charge is 0.325 e. The topological polar surface area (TPSA) is 93.5 Å². The average molecular weight is 281 g/mol. The molecule has 1 aromatic rings. The number of anilines is 1. The van der Waals surface area contributed by atoms with Gasteiger partial charge in [-0.05, 0) is 25.7 Å². The van der Waals surface area contributed by atoms with Crippen LogP contribution in [0.5, 0.6) is 0 Å². The molecule has 0 aromatic carbocycles. The van der Waals surface area contributed by atoms with E-state index in [2.05, 4.69) is 10.4 Å². The van der Waals surface area contributed by atoms with Gasteiger partial charge in [-0.1, -0.05) is 0 Å². The number of hydrogen-bond donors (Lipinski definition) is 2. The van der Waals surface area contributed by atoms with Gasteiger partial charge in [0, 0.05) is 25.3 Å². The first-order chi connectivity index (χ1) is 9.63. The Morgan fingerprint density at radius 2 is 2.35 bits per heavy atom. The molecular weight excluding hydrogens is 262 g/mol. The number of aliphatic carboxylic acids is 1. The molecule has 0 spiro atoms. The molecule has 1 fully saturated rings.